The Balaban J connectivity index is 0.000000179. The van der Waals surface area contributed by atoms with Gasteiger partial charge in [0.25, 0.3) is 11.1 Å². The summed E-state index contributed by atoms with van der Waals surface area (Å²) in [6.45, 7) is 8.81. The van der Waals surface area contributed by atoms with Crippen LogP contribution in [0.3, 0.4) is 0 Å². The first-order valence-electron chi connectivity index (χ1n) is 34.7. The van der Waals surface area contributed by atoms with E-state index in [0.29, 0.717) is 94.0 Å². The fourth-order valence-electron chi connectivity index (χ4n) is 15.6. The van der Waals surface area contributed by atoms with E-state index in [1.807, 2.05) is 36.5 Å². The Morgan fingerprint density at radius 1 is 0.530 bits per heavy atom. The fourth-order valence-corrected chi connectivity index (χ4v) is 15.8. The lowest BCUT2D eigenvalue weighted by atomic mass is 9.88. The molecule has 6 aliphatic rings. The van der Waals surface area contributed by atoms with E-state index in [9.17, 15) is 41.9 Å². The Morgan fingerprint density at radius 2 is 0.980 bits per heavy atom. The van der Waals surface area contributed by atoms with E-state index in [1.54, 1.807) is 68.8 Å². The number of carbonyl (C=O) groups excluding carboxylic acids is 4. The Morgan fingerprint density at radius 3 is 1.43 bits per heavy atom. The lowest BCUT2D eigenvalue weighted by Gasteiger charge is -2.42. The smallest absolute Gasteiger partial charge is 0.496 e. The molecule has 6 saturated heterocycles. The zero-order valence-electron chi connectivity index (χ0n) is 56.5. The van der Waals surface area contributed by atoms with Gasteiger partial charge in [0.15, 0.2) is 0 Å². The van der Waals surface area contributed by atoms with Crippen molar-refractivity contribution in [2.45, 2.75) is 133 Å². The number of nitrogens with one attached hydrogen (secondary N) is 4. The maximum atomic E-state index is 13.6. The van der Waals surface area contributed by atoms with E-state index >= 15 is 0 Å². The predicted octanol–water partition coefficient (Wildman–Crippen LogP) is 10.9. The number of hydrogen-bond acceptors (Lipinski definition) is 16. The number of anilines is 2. The molecule has 4 aromatic heterocycles. The van der Waals surface area contributed by atoms with Gasteiger partial charge in [0, 0.05) is 128 Å². The summed E-state index contributed by atoms with van der Waals surface area (Å²) in [5.41, 5.74) is 8.49. The molecule has 6 fully saturated rings. The number of ether oxygens (including phenoxy) is 2. The molecule has 0 aliphatic carbocycles. The highest BCUT2D eigenvalue weighted by molar-refractivity contribution is 6.32. The van der Waals surface area contributed by atoms with Crippen LogP contribution < -0.4 is 41.9 Å². The summed E-state index contributed by atoms with van der Waals surface area (Å²) in [4.78, 5) is 90.5. The molecular formula is C76H84ClF3N12O8. The number of hydrogen-bond donors (Lipinski definition) is 4. The number of alkyl halides is 3. The molecule has 0 spiro atoms. The molecule has 2 atom stereocenters. The summed E-state index contributed by atoms with van der Waals surface area (Å²) < 4.78 is 54.3. The topological polar surface area (TPSA) is 218 Å². The van der Waals surface area contributed by atoms with Crippen molar-refractivity contribution in [1.29, 1.82) is 0 Å². The van der Waals surface area contributed by atoms with Gasteiger partial charge in [0.1, 0.15) is 23.6 Å². The number of nitrogens with zero attached hydrogens (tertiary/aromatic N) is 8. The summed E-state index contributed by atoms with van der Waals surface area (Å²) in [6.07, 6.45) is 15.2. The van der Waals surface area contributed by atoms with Gasteiger partial charge in [-0.3, -0.25) is 59.2 Å². The molecule has 4 amide bonds. The third kappa shape index (κ3) is 16.1. The number of likely N-dealkylation sites (tertiary alicyclic amines) is 4. The Kier molecular flexibility index (Phi) is 21.2. The Bertz CT molecular complexity index is 4440. The molecule has 20 nitrogen and oxygen atoms in total. The van der Waals surface area contributed by atoms with Crippen LogP contribution in [0.5, 0.6) is 11.5 Å². The summed E-state index contributed by atoms with van der Waals surface area (Å²) in [5, 5.41) is 14.4. The molecule has 24 heteroatoms. The van der Waals surface area contributed by atoms with Crippen molar-refractivity contribution in [1.82, 2.24) is 49.3 Å². The number of benzene rings is 4. The first kappa shape index (κ1) is 69.5. The zero-order chi connectivity index (χ0) is 69.8. The molecule has 4 aromatic carbocycles. The largest absolute Gasteiger partial charge is 0.573 e. The van der Waals surface area contributed by atoms with Crippen molar-refractivity contribution < 1.29 is 41.8 Å². The molecule has 0 bridgehead atoms. The normalized spacial score (nSPS) is 20.0. The minimum Gasteiger partial charge on any atom is -0.496 e. The van der Waals surface area contributed by atoms with Gasteiger partial charge in [-0.15, -0.1) is 13.2 Å². The average Bonchev–Trinajstić information content (AvgIpc) is 0.760. The number of imide groups is 2. The third-order valence-corrected chi connectivity index (χ3v) is 21.5. The molecule has 6 aliphatic heterocycles. The summed E-state index contributed by atoms with van der Waals surface area (Å²) in [7, 11) is 5.05. The molecular weight excluding hydrogens is 1300 g/mol. The lowest BCUT2D eigenvalue weighted by Crippen LogP contribution is -2.47. The van der Waals surface area contributed by atoms with Crippen molar-refractivity contribution in [2.24, 2.45) is 14.1 Å². The van der Waals surface area contributed by atoms with Crippen LogP contribution in [0.2, 0.25) is 5.02 Å². The standard InChI is InChI=1S/C38H43ClN6O4.C38H41F3N6O4/c1-43-22-31(29-9-14-40-21-30(29)38(43)48)26-19-33(39)32(35(20-26)49-2)23-44-15-12-28(13-16-44)45-17-10-25(11-18-45)24-3-5-27(6-4-24)41-34-7-8-36(46)42-37(34)47;1-45-23-32(30-10-15-42-21-31(30)37(45)50)26-2-3-27(34(20-26)51-38(39,40)41)22-46-16-13-29(14-17-46)47-18-11-25(12-19-47)24-4-6-28(7-5-24)43-33-8-9-35(48)44-36(33)49/h3-6,9,14,19-22,25,28,34,41H,7-8,10-13,15-18,23H2,1-2H3,(H,42,46,47);2-7,10,15,20-21,23,25,29,33,43H,8-9,11-14,16-19,22H2,1H3,(H,44,48,49). The molecule has 2 unspecified atom stereocenters. The highest BCUT2D eigenvalue weighted by Crippen LogP contribution is 2.40. The molecule has 4 N–H and O–H groups in total. The number of aromatic nitrogens is 4. The second kappa shape index (κ2) is 30.5. The van der Waals surface area contributed by atoms with Gasteiger partial charge in [0.05, 0.1) is 17.9 Å². The van der Waals surface area contributed by atoms with Crippen LogP contribution in [0.4, 0.5) is 24.5 Å². The quantitative estimate of drug-likeness (QED) is 0.0662. The second-order valence-electron chi connectivity index (χ2n) is 27.4. The number of carbonyl (C=O) groups is 4. The minimum absolute atomic E-state index is 0.0813. The Labute approximate surface area is 583 Å². The van der Waals surface area contributed by atoms with Crippen LogP contribution in [0.25, 0.3) is 43.8 Å². The number of amides is 4. The number of piperidine rings is 6. The van der Waals surface area contributed by atoms with E-state index in [1.165, 1.54) is 28.0 Å². The third-order valence-electron chi connectivity index (χ3n) is 21.2. The number of aryl methyl sites for hydroxylation is 2. The molecule has 14 rings (SSSR count). The van der Waals surface area contributed by atoms with Crippen LogP contribution in [0, 0.1) is 0 Å². The van der Waals surface area contributed by atoms with Crippen LogP contribution in [-0.4, -0.2) is 152 Å². The number of fused-ring (bicyclic) bond motifs is 2. The van der Waals surface area contributed by atoms with Crippen molar-refractivity contribution in [3.8, 4) is 33.8 Å². The molecule has 10 heterocycles. The van der Waals surface area contributed by atoms with Crippen LogP contribution in [0.1, 0.15) is 111 Å². The SMILES string of the molecule is COc1cc(-c2cn(C)c(=O)c3cnccc23)cc(Cl)c1CN1CCC(N2CCC(c3ccc(NC4CCC(=O)NC4=O)cc3)CC2)CC1.Cn1cc(-c2ccc(CN3CCC(N4CCC(c5ccc(NC6CCC(=O)NC6=O)cc5)CC4)CC3)c(OC(F)(F)F)c2)c2ccncc2c1=O. The number of methoxy groups -OCH3 is 1. The Hall–Kier alpha value is -9.00. The van der Waals surface area contributed by atoms with Gasteiger partial charge in [-0.25, -0.2) is 0 Å². The summed E-state index contributed by atoms with van der Waals surface area (Å²) >= 11 is 6.96. The first-order valence-corrected chi connectivity index (χ1v) is 35.1. The molecule has 0 radical (unpaired) electrons. The van der Waals surface area contributed by atoms with E-state index in [4.69, 9.17) is 16.3 Å². The van der Waals surface area contributed by atoms with E-state index in [2.05, 4.69) is 92.0 Å². The van der Waals surface area contributed by atoms with Gasteiger partial charge in [-0.05, 0) is 216 Å². The molecule has 0 saturated carbocycles. The molecule has 100 heavy (non-hydrogen) atoms. The van der Waals surface area contributed by atoms with Crippen molar-refractivity contribution in [3.05, 3.63) is 176 Å². The number of pyridine rings is 4. The number of halogens is 4. The van der Waals surface area contributed by atoms with Gasteiger partial charge in [0.2, 0.25) is 23.6 Å². The maximum absolute atomic E-state index is 13.6. The lowest BCUT2D eigenvalue weighted by molar-refractivity contribution is -0.275. The molecule has 8 aromatic rings. The second-order valence-corrected chi connectivity index (χ2v) is 27.9. The monoisotopic (exact) mass is 1380 g/mol. The summed E-state index contributed by atoms with van der Waals surface area (Å²) in [6, 6.07) is 29.5. The van der Waals surface area contributed by atoms with Crippen LogP contribution >= 0.6 is 11.6 Å². The first-order chi connectivity index (χ1) is 48.3. The predicted molar refractivity (Wildman–Crippen MR) is 379 cm³/mol. The van der Waals surface area contributed by atoms with Gasteiger partial charge in [-0.2, -0.15) is 0 Å². The van der Waals surface area contributed by atoms with Crippen molar-refractivity contribution in [2.75, 3.05) is 70.1 Å². The highest BCUT2D eigenvalue weighted by atomic mass is 35.5. The van der Waals surface area contributed by atoms with Crippen LogP contribution in [-0.2, 0) is 46.4 Å². The van der Waals surface area contributed by atoms with Crippen LogP contribution in [0.15, 0.2) is 138 Å². The molecule has 524 valence electrons. The minimum atomic E-state index is -4.85. The maximum Gasteiger partial charge on any atom is 0.573 e. The summed E-state index contributed by atoms with van der Waals surface area (Å²) in [5.74, 6) is 0.550. The van der Waals surface area contributed by atoms with Gasteiger partial charge >= 0.3 is 6.36 Å². The highest BCUT2D eigenvalue weighted by Gasteiger charge is 2.36. The van der Waals surface area contributed by atoms with E-state index in [0.717, 1.165) is 149 Å². The number of rotatable bonds is 16. The van der Waals surface area contributed by atoms with Gasteiger partial charge in [-0.1, -0.05) is 48.0 Å². The fraction of sp³-hybridized carbons (Fsp3) is 0.421. The van der Waals surface area contributed by atoms with E-state index in [-0.39, 0.29) is 46.5 Å². The zero-order valence-corrected chi connectivity index (χ0v) is 57.3. The van der Waals surface area contributed by atoms with Crippen molar-refractivity contribution in [3.63, 3.8) is 0 Å². The van der Waals surface area contributed by atoms with Gasteiger partial charge < -0.3 is 39.0 Å². The average molecular weight is 1390 g/mol. The van der Waals surface area contributed by atoms with E-state index < -0.39 is 12.4 Å². The van der Waals surface area contributed by atoms with Crippen molar-refractivity contribution >= 4 is 68.1 Å².